The van der Waals surface area contributed by atoms with Crippen LogP contribution in [0.2, 0.25) is 0 Å². The maximum Gasteiger partial charge on any atom is 0.172 e. The highest BCUT2D eigenvalue weighted by molar-refractivity contribution is 8.16. The van der Waals surface area contributed by atoms with E-state index in [1.807, 2.05) is 11.6 Å². The normalized spacial score (nSPS) is 22.3. The fraction of sp³-hybridized carbons (Fsp3) is 0.286. The fourth-order valence-corrected chi connectivity index (χ4v) is 1.66. The number of amidine groups is 1. The van der Waals surface area contributed by atoms with Gasteiger partial charge in [0, 0.05) is 12.4 Å². The Kier molecular flexibility index (Phi) is 1.31. The molecule has 0 bridgehead atoms. The van der Waals surface area contributed by atoms with E-state index in [0.717, 1.165) is 11.7 Å². The molecule has 0 radical (unpaired) electrons. The van der Waals surface area contributed by atoms with Gasteiger partial charge in [0.2, 0.25) is 0 Å². The van der Waals surface area contributed by atoms with Crippen LogP contribution in [-0.2, 0) is 0 Å². The maximum atomic E-state index is 4.35. The van der Waals surface area contributed by atoms with Crippen LogP contribution in [0.4, 0.5) is 0 Å². The molecule has 0 unspecified atom stereocenters. The first kappa shape index (κ1) is 6.04. The lowest BCUT2D eigenvalue weighted by atomic mass is 10.3. The molecule has 2 aliphatic rings. The number of thioether (sulfide) groups is 1. The Bertz CT molecular complexity index is 240. The summed E-state index contributed by atoms with van der Waals surface area (Å²) in [4.78, 5) is 6.41. The van der Waals surface area contributed by atoms with E-state index in [1.165, 1.54) is 5.57 Å². The Morgan fingerprint density at radius 3 is 3.50 bits per heavy atom. The van der Waals surface area contributed by atoms with Gasteiger partial charge < -0.3 is 4.90 Å². The summed E-state index contributed by atoms with van der Waals surface area (Å²) >= 11 is 1.68. The second-order valence-electron chi connectivity index (χ2n) is 2.38. The van der Waals surface area contributed by atoms with E-state index in [1.54, 1.807) is 11.8 Å². The molecule has 0 N–H and O–H groups in total. The van der Waals surface area contributed by atoms with Crippen LogP contribution in [0, 0.1) is 0 Å². The van der Waals surface area contributed by atoms with Crippen molar-refractivity contribution in [2.45, 2.75) is 6.92 Å². The van der Waals surface area contributed by atoms with Crippen molar-refractivity contribution in [3.8, 4) is 0 Å². The van der Waals surface area contributed by atoms with Crippen molar-refractivity contribution in [3.05, 3.63) is 23.4 Å². The highest BCUT2D eigenvalue weighted by Gasteiger charge is 2.14. The molecule has 0 saturated heterocycles. The molecule has 0 saturated carbocycles. The molecule has 0 fully saturated rings. The first-order chi connectivity index (χ1) is 4.86. The Morgan fingerprint density at radius 2 is 2.60 bits per heavy atom. The Hall–Kier alpha value is -0.700. The summed E-state index contributed by atoms with van der Waals surface area (Å²) in [5, 5.41) is 3.15. The number of aliphatic imine (C=N–C) groups is 1. The van der Waals surface area contributed by atoms with Crippen LogP contribution in [0.1, 0.15) is 6.92 Å². The summed E-state index contributed by atoms with van der Waals surface area (Å²) in [5.41, 5.74) is 1.32. The quantitative estimate of drug-likeness (QED) is 0.526. The zero-order valence-electron chi connectivity index (χ0n) is 5.74. The predicted octanol–water partition coefficient (Wildman–Crippen LogP) is 1.78. The third-order valence-corrected chi connectivity index (χ3v) is 2.25. The number of fused-ring (bicyclic) bond motifs is 1. The van der Waals surface area contributed by atoms with Crippen LogP contribution >= 0.6 is 11.8 Å². The fourth-order valence-electron chi connectivity index (χ4n) is 0.969. The van der Waals surface area contributed by atoms with Crippen LogP contribution < -0.4 is 0 Å². The molecule has 3 heteroatoms. The minimum atomic E-state index is 0.862. The van der Waals surface area contributed by atoms with Gasteiger partial charge in [0.05, 0.1) is 6.54 Å². The van der Waals surface area contributed by atoms with Gasteiger partial charge in [0.25, 0.3) is 0 Å². The zero-order valence-corrected chi connectivity index (χ0v) is 6.56. The van der Waals surface area contributed by atoms with Crippen molar-refractivity contribution in [2.24, 2.45) is 4.99 Å². The summed E-state index contributed by atoms with van der Waals surface area (Å²) in [7, 11) is 0. The van der Waals surface area contributed by atoms with Crippen molar-refractivity contribution in [2.75, 3.05) is 6.54 Å². The molecular formula is C7H8N2S. The topological polar surface area (TPSA) is 15.6 Å². The van der Waals surface area contributed by atoms with Crippen LogP contribution in [0.15, 0.2) is 28.4 Å². The average molecular weight is 152 g/mol. The first-order valence-corrected chi connectivity index (χ1v) is 4.07. The molecule has 52 valence electrons. The Morgan fingerprint density at radius 1 is 1.70 bits per heavy atom. The second-order valence-corrected chi connectivity index (χ2v) is 3.26. The summed E-state index contributed by atoms with van der Waals surface area (Å²) < 4.78 is 0. The summed E-state index contributed by atoms with van der Waals surface area (Å²) in [6.07, 6.45) is 4.16. The highest BCUT2D eigenvalue weighted by Crippen LogP contribution is 2.23. The monoisotopic (exact) mass is 152 g/mol. The lowest BCUT2D eigenvalue weighted by Gasteiger charge is -2.16. The van der Waals surface area contributed by atoms with E-state index in [0.29, 0.717) is 0 Å². The van der Waals surface area contributed by atoms with Crippen molar-refractivity contribution in [1.29, 1.82) is 0 Å². The molecule has 10 heavy (non-hydrogen) atoms. The summed E-state index contributed by atoms with van der Waals surface area (Å²) in [6, 6.07) is 0. The molecule has 0 atom stereocenters. The minimum absolute atomic E-state index is 0.862. The molecule has 2 aliphatic heterocycles. The van der Waals surface area contributed by atoms with Crippen molar-refractivity contribution >= 4 is 16.9 Å². The molecule has 0 aliphatic carbocycles. The van der Waals surface area contributed by atoms with E-state index in [9.17, 15) is 0 Å². The zero-order chi connectivity index (χ0) is 6.97. The standard InChI is InChI=1S/C7H8N2S/c1-6-4-8-7-9(5-6)2-3-10-7/h2-3,5H,4H2,1H3. The number of hydrogen-bond acceptors (Lipinski definition) is 3. The van der Waals surface area contributed by atoms with Gasteiger partial charge in [0.1, 0.15) is 0 Å². The SMILES string of the molecule is CC1=CN2C=CSC2=NC1. The van der Waals surface area contributed by atoms with Crippen molar-refractivity contribution < 1.29 is 0 Å². The maximum absolute atomic E-state index is 4.35. The van der Waals surface area contributed by atoms with Crippen molar-refractivity contribution in [1.82, 2.24) is 4.90 Å². The van der Waals surface area contributed by atoms with E-state index in [-0.39, 0.29) is 0 Å². The van der Waals surface area contributed by atoms with E-state index < -0.39 is 0 Å². The van der Waals surface area contributed by atoms with E-state index >= 15 is 0 Å². The Labute approximate surface area is 64.3 Å². The number of nitrogens with zero attached hydrogens (tertiary/aromatic N) is 2. The van der Waals surface area contributed by atoms with Crippen LogP contribution in [0.5, 0.6) is 0 Å². The van der Waals surface area contributed by atoms with Gasteiger partial charge in [-0.15, -0.1) is 0 Å². The van der Waals surface area contributed by atoms with Crippen LogP contribution in [0.25, 0.3) is 0 Å². The summed E-state index contributed by atoms with van der Waals surface area (Å²) in [6.45, 7) is 2.96. The first-order valence-electron chi connectivity index (χ1n) is 3.20. The number of hydrogen-bond donors (Lipinski definition) is 0. The number of rotatable bonds is 0. The third kappa shape index (κ3) is 0.865. The molecule has 0 amide bonds. The van der Waals surface area contributed by atoms with E-state index in [4.69, 9.17) is 0 Å². The largest absolute Gasteiger partial charge is 0.303 e. The van der Waals surface area contributed by atoms with Gasteiger partial charge >= 0.3 is 0 Å². The molecule has 0 aromatic rings. The highest BCUT2D eigenvalue weighted by atomic mass is 32.2. The minimum Gasteiger partial charge on any atom is -0.303 e. The van der Waals surface area contributed by atoms with Gasteiger partial charge in [-0.25, -0.2) is 0 Å². The Balaban J connectivity index is 2.28. The smallest absolute Gasteiger partial charge is 0.172 e. The van der Waals surface area contributed by atoms with Gasteiger partial charge in [-0.3, -0.25) is 4.99 Å². The summed E-state index contributed by atoms with van der Waals surface area (Å²) in [5.74, 6) is 0. The van der Waals surface area contributed by atoms with Gasteiger partial charge in [0.15, 0.2) is 5.17 Å². The van der Waals surface area contributed by atoms with Crippen LogP contribution in [0.3, 0.4) is 0 Å². The van der Waals surface area contributed by atoms with Crippen molar-refractivity contribution in [3.63, 3.8) is 0 Å². The molecule has 2 heterocycles. The molecule has 0 spiro atoms. The molecule has 0 aromatic carbocycles. The van der Waals surface area contributed by atoms with Crippen LogP contribution in [-0.4, -0.2) is 16.6 Å². The molecular weight excluding hydrogens is 144 g/mol. The van der Waals surface area contributed by atoms with Gasteiger partial charge in [-0.1, -0.05) is 11.8 Å². The molecule has 2 nitrogen and oxygen atoms in total. The molecule has 0 aromatic heterocycles. The molecule has 2 rings (SSSR count). The van der Waals surface area contributed by atoms with Gasteiger partial charge in [-0.05, 0) is 17.9 Å². The second kappa shape index (κ2) is 2.16. The predicted molar refractivity (Wildman–Crippen MR) is 44.6 cm³/mol. The van der Waals surface area contributed by atoms with Gasteiger partial charge in [-0.2, -0.15) is 0 Å². The third-order valence-electron chi connectivity index (χ3n) is 1.44. The lowest BCUT2D eigenvalue weighted by molar-refractivity contribution is 0.743. The van der Waals surface area contributed by atoms with E-state index in [2.05, 4.69) is 23.0 Å². The average Bonchev–Trinajstić information content (AvgIpc) is 2.33. The lowest BCUT2D eigenvalue weighted by Crippen LogP contribution is -2.17.